The average molecular weight is 350 g/mol. The first kappa shape index (κ1) is 18.8. The molecule has 4 saturated carbocycles. The number of carbonyl (C=O) groups is 1. The van der Waals surface area contributed by atoms with Crippen LogP contribution in [-0.2, 0) is 14.3 Å². The van der Waals surface area contributed by atoms with Crippen molar-refractivity contribution in [2.24, 2.45) is 35.3 Å². The molecule has 4 aliphatic carbocycles. The fourth-order valence-corrected chi connectivity index (χ4v) is 5.76. The molecule has 0 aliphatic heterocycles. The van der Waals surface area contributed by atoms with Crippen LogP contribution in [0, 0.1) is 29.6 Å². The van der Waals surface area contributed by atoms with Crippen LogP contribution < -0.4 is 5.73 Å². The molecule has 4 nitrogen and oxygen atoms in total. The van der Waals surface area contributed by atoms with E-state index >= 15 is 0 Å². The van der Waals surface area contributed by atoms with Crippen molar-refractivity contribution in [2.75, 3.05) is 6.61 Å². The Bertz CT molecular complexity index is 506. The van der Waals surface area contributed by atoms with Gasteiger partial charge in [-0.05, 0) is 83.0 Å². The predicted molar refractivity (Wildman–Crippen MR) is 98.7 cm³/mol. The highest BCUT2D eigenvalue weighted by Crippen LogP contribution is 2.59. The molecule has 0 aromatic heterocycles. The number of hydrogen-bond donors (Lipinski definition) is 1. The molecule has 25 heavy (non-hydrogen) atoms. The minimum absolute atomic E-state index is 0.0456. The molecule has 0 saturated heterocycles. The Morgan fingerprint density at radius 3 is 2.20 bits per heavy atom. The number of ether oxygens (including phenoxy) is 2. The van der Waals surface area contributed by atoms with Gasteiger partial charge in [-0.1, -0.05) is 13.5 Å². The molecule has 0 heterocycles. The van der Waals surface area contributed by atoms with Crippen LogP contribution in [0.5, 0.6) is 0 Å². The molecular weight excluding hydrogens is 314 g/mol. The van der Waals surface area contributed by atoms with E-state index in [1.165, 1.54) is 32.1 Å². The quantitative estimate of drug-likeness (QED) is 0.556. The van der Waals surface area contributed by atoms with E-state index in [-0.39, 0.29) is 29.6 Å². The van der Waals surface area contributed by atoms with Crippen molar-refractivity contribution >= 4 is 5.97 Å². The summed E-state index contributed by atoms with van der Waals surface area (Å²) in [7, 11) is 0. The second-order valence-corrected chi connectivity index (χ2v) is 9.81. The largest absolute Gasteiger partial charge is 0.487 e. The Kier molecular flexibility index (Phi) is 4.95. The van der Waals surface area contributed by atoms with Gasteiger partial charge >= 0.3 is 5.97 Å². The van der Waals surface area contributed by atoms with Crippen LogP contribution in [0.3, 0.4) is 0 Å². The van der Waals surface area contributed by atoms with Crippen LogP contribution in [0.25, 0.3) is 0 Å². The highest BCUT2D eigenvalue weighted by atomic mass is 16.6. The Hall–Kier alpha value is -1.03. The second kappa shape index (κ2) is 6.61. The van der Waals surface area contributed by atoms with E-state index in [1.54, 1.807) is 0 Å². The molecule has 0 radical (unpaired) electrons. The summed E-state index contributed by atoms with van der Waals surface area (Å²) in [5.74, 6) is 3.28. The van der Waals surface area contributed by atoms with E-state index in [1.807, 2.05) is 20.8 Å². The SMILES string of the molecule is C=C(OCC(=O)OC1(C)C2CC3CC(C2)CC1C3)C(C)CC(C)(C)N. The van der Waals surface area contributed by atoms with Gasteiger partial charge in [0, 0.05) is 11.5 Å². The van der Waals surface area contributed by atoms with Crippen LogP contribution >= 0.6 is 0 Å². The van der Waals surface area contributed by atoms with Crippen molar-refractivity contribution < 1.29 is 14.3 Å². The third-order valence-electron chi connectivity index (χ3n) is 6.85. The normalized spacial score (nSPS) is 37.6. The highest BCUT2D eigenvalue weighted by Gasteiger charge is 2.57. The Labute approximate surface area is 152 Å². The maximum absolute atomic E-state index is 12.4. The summed E-state index contributed by atoms with van der Waals surface area (Å²) in [5.41, 5.74) is 5.48. The number of esters is 1. The fourth-order valence-electron chi connectivity index (χ4n) is 5.76. The molecule has 4 heteroatoms. The van der Waals surface area contributed by atoms with Gasteiger partial charge in [0.15, 0.2) is 6.61 Å². The molecule has 2 N–H and O–H groups in total. The molecule has 0 aromatic rings. The van der Waals surface area contributed by atoms with Crippen molar-refractivity contribution in [1.29, 1.82) is 0 Å². The summed E-state index contributed by atoms with van der Waals surface area (Å²) >= 11 is 0. The summed E-state index contributed by atoms with van der Waals surface area (Å²) in [6.07, 6.45) is 7.08. The first-order chi connectivity index (χ1) is 11.6. The van der Waals surface area contributed by atoms with Gasteiger partial charge in [-0.2, -0.15) is 0 Å². The van der Waals surface area contributed by atoms with Gasteiger partial charge in [0.05, 0.1) is 5.76 Å². The molecule has 142 valence electrons. The number of carbonyl (C=O) groups excluding carboxylic acids is 1. The van der Waals surface area contributed by atoms with Gasteiger partial charge < -0.3 is 15.2 Å². The lowest BCUT2D eigenvalue weighted by Crippen LogP contribution is -2.58. The Morgan fingerprint density at radius 2 is 1.72 bits per heavy atom. The molecule has 4 fully saturated rings. The monoisotopic (exact) mass is 349 g/mol. The molecule has 4 aliphatic rings. The average Bonchev–Trinajstić information content (AvgIpc) is 2.48. The number of hydrogen-bond acceptors (Lipinski definition) is 4. The van der Waals surface area contributed by atoms with Crippen molar-refractivity contribution in [3.05, 3.63) is 12.3 Å². The highest BCUT2D eigenvalue weighted by molar-refractivity contribution is 5.71. The molecule has 1 atom stereocenters. The molecule has 4 bridgehead atoms. The summed E-state index contributed by atoms with van der Waals surface area (Å²) < 4.78 is 11.6. The zero-order valence-electron chi connectivity index (χ0n) is 16.3. The Morgan fingerprint density at radius 1 is 1.20 bits per heavy atom. The van der Waals surface area contributed by atoms with Crippen molar-refractivity contribution in [1.82, 2.24) is 0 Å². The molecule has 4 rings (SSSR count). The van der Waals surface area contributed by atoms with E-state index in [9.17, 15) is 4.79 Å². The smallest absolute Gasteiger partial charge is 0.344 e. The lowest BCUT2D eigenvalue weighted by molar-refractivity contribution is -0.206. The summed E-state index contributed by atoms with van der Waals surface area (Å²) in [6.45, 7) is 12.1. The topological polar surface area (TPSA) is 61.5 Å². The first-order valence-corrected chi connectivity index (χ1v) is 9.89. The van der Waals surface area contributed by atoms with Gasteiger partial charge in [0.1, 0.15) is 5.60 Å². The van der Waals surface area contributed by atoms with Crippen LogP contribution in [-0.4, -0.2) is 23.7 Å². The lowest BCUT2D eigenvalue weighted by atomic mass is 9.50. The zero-order chi connectivity index (χ0) is 18.4. The first-order valence-electron chi connectivity index (χ1n) is 9.89. The van der Waals surface area contributed by atoms with Gasteiger partial charge in [0.25, 0.3) is 0 Å². The van der Waals surface area contributed by atoms with Crippen LogP contribution in [0.15, 0.2) is 12.3 Å². The summed E-state index contributed by atoms with van der Waals surface area (Å²) in [6, 6.07) is 0. The lowest BCUT2D eigenvalue weighted by Gasteiger charge is -2.59. The predicted octanol–water partition coefficient (Wildman–Crippen LogP) is 4.04. The fraction of sp³-hybridized carbons (Fsp3) is 0.857. The molecule has 0 spiro atoms. The maximum atomic E-state index is 12.4. The van der Waals surface area contributed by atoms with Gasteiger partial charge in [-0.3, -0.25) is 0 Å². The molecule has 1 unspecified atom stereocenters. The molecule has 0 aromatic carbocycles. The van der Waals surface area contributed by atoms with E-state index in [0.717, 1.165) is 18.3 Å². The standard InChI is InChI=1S/C21H35NO3/c1-13(11-20(3,4)22)14(2)24-12-19(23)25-21(5)17-7-15-6-16(9-17)10-18(21)8-15/h13,15-18H,2,6-12,22H2,1,3-5H3. The Balaban J connectivity index is 1.50. The minimum Gasteiger partial charge on any atom is -0.487 e. The summed E-state index contributed by atoms with van der Waals surface area (Å²) in [5, 5.41) is 0. The number of nitrogens with two attached hydrogens (primary N) is 1. The third kappa shape index (κ3) is 4.05. The van der Waals surface area contributed by atoms with Crippen molar-refractivity contribution in [3.63, 3.8) is 0 Å². The number of allylic oxidation sites excluding steroid dienone is 1. The van der Waals surface area contributed by atoms with E-state index in [2.05, 4.69) is 13.5 Å². The molecule has 0 amide bonds. The van der Waals surface area contributed by atoms with Gasteiger partial charge in [0.2, 0.25) is 0 Å². The van der Waals surface area contributed by atoms with Gasteiger partial charge in [-0.25, -0.2) is 4.79 Å². The third-order valence-corrected chi connectivity index (χ3v) is 6.85. The maximum Gasteiger partial charge on any atom is 0.344 e. The van der Waals surface area contributed by atoms with Crippen LogP contribution in [0.2, 0.25) is 0 Å². The van der Waals surface area contributed by atoms with Gasteiger partial charge in [-0.15, -0.1) is 0 Å². The summed E-state index contributed by atoms with van der Waals surface area (Å²) in [4.78, 5) is 12.4. The van der Waals surface area contributed by atoms with Crippen molar-refractivity contribution in [3.8, 4) is 0 Å². The molecular formula is C21H35NO3. The van der Waals surface area contributed by atoms with Crippen LogP contribution in [0.4, 0.5) is 0 Å². The second-order valence-electron chi connectivity index (χ2n) is 9.81. The number of rotatable bonds is 7. The minimum atomic E-state index is -0.292. The van der Waals surface area contributed by atoms with Crippen LogP contribution in [0.1, 0.15) is 66.2 Å². The van der Waals surface area contributed by atoms with E-state index < -0.39 is 0 Å². The van der Waals surface area contributed by atoms with E-state index in [0.29, 0.717) is 17.6 Å². The zero-order valence-corrected chi connectivity index (χ0v) is 16.3. The van der Waals surface area contributed by atoms with Crippen molar-refractivity contribution in [2.45, 2.75) is 77.4 Å². The van der Waals surface area contributed by atoms with E-state index in [4.69, 9.17) is 15.2 Å².